The number of hydrogen-bond acceptors (Lipinski definition) is 3. The third-order valence-electron chi connectivity index (χ3n) is 2.08. The Bertz CT molecular complexity index is 304. The van der Waals surface area contributed by atoms with E-state index >= 15 is 0 Å². The van der Waals surface area contributed by atoms with Crippen LogP contribution in [0.4, 0.5) is 0 Å². The van der Waals surface area contributed by atoms with Gasteiger partial charge in [-0.25, -0.2) is 0 Å². The highest BCUT2D eigenvalue weighted by molar-refractivity contribution is 5.85. The first-order valence-corrected chi connectivity index (χ1v) is 3.98. The zero-order chi connectivity index (χ0) is 8.55. The van der Waals surface area contributed by atoms with Gasteiger partial charge < -0.3 is 15.6 Å². The van der Waals surface area contributed by atoms with Crippen molar-refractivity contribution < 1.29 is 9.84 Å². The molecule has 1 aromatic carbocycles. The molecule has 0 aromatic heterocycles. The number of hydrogen-bond donors (Lipinski definition) is 2. The molecule has 3 nitrogen and oxygen atoms in total. The molecule has 0 spiro atoms. The summed E-state index contributed by atoms with van der Waals surface area (Å²) < 4.78 is 5.36. The van der Waals surface area contributed by atoms with Crippen molar-refractivity contribution in [1.82, 2.24) is 0 Å². The van der Waals surface area contributed by atoms with Crippen molar-refractivity contribution in [2.75, 3.05) is 6.61 Å². The van der Waals surface area contributed by atoms with Crippen LogP contribution in [-0.4, -0.2) is 11.7 Å². The van der Waals surface area contributed by atoms with Crippen LogP contribution < -0.4 is 10.5 Å². The van der Waals surface area contributed by atoms with E-state index in [1.54, 1.807) is 18.2 Å². The summed E-state index contributed by atoms with van der Waals surface area (Å²) in [5, 5.41) is 9.19. The van der Waals surface area contributed by atoms with Gasteiger partial charge in [-0.05, 0) is 18.2 Å². The second kappa shape index (κ2) is 3.85. The Balaban J connectivity index is 0.000000845. The molecule has 2 rings (SSSR count). The lowest BCUT2D eigenvalue weighted by atomic mass is 10.0. The van der Waals surface area contributed by atoms with Gasteiger partial charge in [0.2, 0.25) is 0 Å². The van der Waals surface area contributed by atoms with E-state index in [0.29, 0.717) is 6.61 Å². The number of benzene rings is 1. The largest absolute Gasteiger partial charge is 0.508 e. The van der Waals surface area contributed by atoms with E-state index in [1.807, 2.05) is 0 Å². The van der Waals surface area contributed by atoms with Crippen molar-refractivity contribution >= 4 is 12.4 Å². The molecule has 0 aliphatic carbocycles. The predicted octanol–water partition coefficient (Wildman–Crippen LogP) is 1.60. The van der Waals surface area contributed by atoms with Gasteiger partial charge in [-0.15, -0.1) is 12.4 Å². The number of fused-ring (bicyclic) bond motifs is 1. The number of ether oxygens (including phenoxy) is 1. The number of phenols is 1. The van der Waals surface area contributed by atoms with Gasteiger partial charge in [0.25, 0.3) is 0 Å². The number of rotatable bonds is 0. The van der Waals surface area contributed by atoms with Gasteiger partial charge in [-0.2, -0.15) is 0 Å². The summed E-state index contributed by atoms with van der Waals surface area (Å²) in [4.78, 5) is 0. The van der Waals surface area contributed by atoms with Crippen LogP contribution in [0, 0.1) is 0 Å². The second-order valence-corrected chi connectivity index (χ2v) is 2.97. The van der Waals surface area contributed by atoms with Crippen molar-refractivity contribution in [2.24, 2.45) is 5.73 Å². The van der Waals surface area contributed by atoms with E-state index in [0.717, 1.165) is 17.7 Å². The van der Waals surface area contributed by atoms with Gasteiger partial charge in [-0.1, -0.05) is 0 Å². The van der Waals surface area contributed by atoms with Gasteiger partial charge >= 0.3 is 0 Å². The monoisotopic (exact) mass is 201 g/mol. The van der Waals surface area contributed by atoms with Crippen LogP contribution in [0.25, 0.3) is 0 Å². The number of nitrogens with two attached hydrogens (primary N) is 1. The third kappa shape index (κ3) is 1.87. The highest BCUT2D eigenvalue weighted by Crippen LogP contribution is 2.32. The van der Waals surface area contributed by atoms with Crippen molar-refractivity contribution in [3.05, 3.63) is 23.8 Å². The number of aromatic hydroxyl groups is 1. The minimum Gasteiger partial charge on any atom is -0.508 e. The molecule has 4 heteroatoms. The average molecular weight is 202 g/mol. The molecule has 1 atom stereocenters. The molecule has 0 radical (unpaired) electrons. The molecule has 0 saturated heterocycles. The lowest BCUT2D eigenvalue weighted by molar-refractivity contribution is 0.268. The normalized spacial score (nSPS) is 19.6. The highest BCUT2D eigenvalue weighted by Gasteiger charge is 2.17. The summed E-state index contributed by atoms with van der Waals surface area (Å²) in [6, 6.07) is 5.03. The Hall–Kier alpha value is -0.930. The quantitative estimate of drug-likeness (QED) is 0.671. The first-order valence-electron chi connectivity index (χ1n) is 3.98. The standard InChI is InChI=1S/C9H11NO2.ClH/c10-8-3-4-12-9-2-1-6(11)5-7(8)9;/h1-2,5,8,11H,3-4,10H2;1H. The maximum atomic E-state index is 9.19. The van der Waals surface area contributed by atoms with E-state index in [4.69, 9.17) is 10.5 Å². The molecule has 0 saturated carbocycles. The van der Waals surface area contributed by atoms with Gasteiger partial charge in [0.1, 0.15) is 11.5 Å². The fraction of sp³-hybridized carbons (Fsp3) is 0.333. The van der Waals surface area contributed by atoms with Gasteiger partial charge in [0.15, 0.2) is 0 Å². The Kier molecular flexibility index (Phi) is 3.01. The Morgan fingerprint density at radius 3 is 3.00 bits per heavy atom. The summed E-state index contributed by atoms with van der Waals surface area (Å²) in [5.74, 6) is 1.04. The Morgan fingerprint density at radius 2 is 2.23 bits per heavy atom. The molecule has 1 aliphatic heterocycles. The van der Waals surface area contributed by atoms with E-state index in [9.17, 15) is 5.11 Å². The highest BCUT2D eigenvalue weighted by atomic mass is 35.5. The minimum atomic E-state index is 0. The fourth-order valence-electron chi connectivity index (χ4n) is 1.41. The molecule has 0 fully saturated rings. The molecule has 0 amide bonds. The van der Waals surface area contributed by atoms with Crippen LogP contribution in [0.3, 0.4) is 0 Å². The predicted molar refractivity (Wildman–Crippen MR) is 52.4 cm³/mol. The first kappa shape index (κ1) is 10.2. The number of phenolic OH excluding ortho intramolecular Hbond substituents is 1. The van der Waals surface area contributed by atoms with Crippen LogP contribution in [0.1, 0.15) is 18.0 Å². The van der Waals surface area contributed by atoms with Crippen LogP contribution in [0.15, 0.2) is 18.2 Å². The summed E-state index contributed by atoms with van der Waals surface area (Å²) in [6.45, 7) is 0.666. The zero-order valence-corrected chi connectivity index (χ0v) is 7.88. The lowest BCUT2D eigenvalue weighted by Crippen LogP contribution is -2.20. The smallest absolute Gasteiger partial charge is 0.124 e. The summed E-state index contributed by atoms with van der Waals surface area (Å²) in [5.41, 5.74) is 6.73. The first-order chi connectivity index (χ1) is 5.77. The summed E-state index contributed by atoms with van der Waals surface area (Å²) in [6.07, 6.45) is 0.816. The summed E-state index contributed by atoms with van der Waals surface area (Å²) in [7, 11) is 0. The van der Waals surface area contributed by atoms with E-state index in [2.05, 4.69) is 0 Å². The van der Waals surface area contributed by atoms with Crippen LogP contribution >= 0.6 is 12.4 Å². The maximum absolute atomic E-state index is 9.19. The van der Waals surface area contributed by atoms with Crippen LogP contribution in [0.2, 0.25) is 0 Å². The van der Waals surface area contributed by atoms with Crippen molar-refractivity contribution in [3.8, 4) is 11.5 Å². The van der Waals surface area contributed by atoms with Gasteiger partial charge in [-0.3, -0.25) is 0 Å². The Labute approximate surface area is 82.9 Å². The minimum absolute atomic E-state index is 0. The van der Waals surface area contributed by atoms with Gasteiger partial charge in [0.05, 0.1) is 6.61 Å². The van der Waals surface area contributed by atoms with Crippen molar-refractivity contribution in [1.29, 1.82) is 0 Å². The molecule has 1 aliphatic rings. The lowest BCUT2D eigenvalue weighted by Gasteiger charge is -2.22. The van der Waals surface area contributed by atoms with E-state index in [-0.39, 0.29) is 24.2 Å². The molecule has 13 heavy (non-hydrogen) atoms. The van der Waals surface area contributed by atoms with Crippen LogP contribution in [0.5, 0.6) is 11.5 Å². The van der Waals surface area contributed by atoms with Crippen LogP contribution in [-0.2, 0) is 0 Å². The Morgan fingerprint density at radius 1 is 1.46 bits per heavy atom. The average Bonchev–Trinajstić information content (AvgIpc) is 2.07. The third-order valence-corrected chi connectivity index (χ3v) is 2.08. The summed E-state index contributed by atoms with van der Waals surface area (Å²) >= 11 is 0. The van der Waals surface area contributed by atoms with Crippen molar-refractivity contribution in [2.45, 2.75) is 12.5 Å². The molecule has 1 aromatic rings. The molecular weight excluding hydrogens is 190 g/mol. The number of halogens is 1. The molecule has 0 bridgehead atoms. The molecule has 1 unspecified atom stereocenters. The topological polar surface area (TPSA) is 55.5 Å². The zero-order valence-electron chi connectivity index (χ0n) is 7.06. The molecule has 72 valence electrons. The van der Waals surface area contributed by atoms with Crippen molar-refractivity contribution in [3.63, 3.8) is 0 Å². The van der Waals surface area contributed by atoms with E-state index in [1.165, 1.54) is 0 Å². The fourth-order valence-corrected chi connectivity index (χ4v) is 1.41. The molecular formula is C9H12ClNO2. The maximum Gasteiger partial charge on any atom is 0.124 e. The molecule has 3 N–H and O–H groups in total. The molecule has 1 heterocycles. The SMILES string of the molecule is Cl.NC1CCOc2ccc(O)cc21. The van der Waals surface area contributed by atoms with E-state index < -0.39 is 0 Å². The second-order valence-electron chi connectivity index (χ2n) is 2.97. The van der Waals surface area contributed by atoms with Gasteiger partial charge in [0, 0.05) is 18.0 Å².